The maximum atomic E-state index is 4.61. The van der Waals surface area contributed by atoms with E-state index >= 15 is 0 Å². The highest BCUT2D eigenvalue weighted by Gasteiger charge is 2.16. The Labute approximate surface area is 196 Å². The summed E-state index contributed by atoms with van der Waals surface area (Å²) in [5.74, 6) is 0. The van der Waals surface area contributed by atoms with Gasteiger partial charge in [0.15, 0.2) is 0 Å². The minimum absolute atomic E-state index is 1.10. The van der Waals surface area contributed by atoms with Crippen LogP contribution in [0.1, 0.15) is 0 Å². The van der Waals surface area contributed by atoms with Gasteiger partial charge in [-0.1, -0.05) is 36.4 Å². The minimum atomic E-state index is 1.10. The molecule has 4 heterocycles. The monoisotopic (exact) mass is 456 g/mol. The Bertz CT molecular complexity index is 2040. The number of hydrogen-bond donors (Lipinski definition) is 0. The molecule has 0 unspecified atom stereocenters. The van der Waals surface area contributed by atoms with E-state index in [1.165, 1.54) is 63.1 Å². The van der Waals surface area contributed by atoms with Crippen LogP contribution in [-0.2, 0) is 0 Å². The zero-order chi connectivity index (χ0) is 21.5. The van der Waals surface area contributed by atoms with Crippen molar-refractivity contribution >= 4 is 85.0 Å². The van der Waals surface area contributed by atoms with Crippen molar-refractivity contribution in [2.45, 2.75) is 0 Å². The van der Waals surface area contributed by atoms with E-state index in [1.54, 1.807) is 11.3 Å². The highest BCUT2D eigenvalue weighted by Crippen LogP contribution is 2.41. The summed E-state index contributed by atoms with van der Waals surface area (Å²) in [4.78, 5) is 5.71. The van der Waals surface area contributed by atoms with E-state index in [0.717, 1.165) is 4.83 Å². The van der Waals surface area contributed by atoms with Gasteiger partial charge in [-0.2, -0.15) is 0 Å². The summed E-state index contributed by atoms with van der Waals surface area (Å²) in [6, 6.07) is 33.3. The van der Waals surface area contributed by atoms with E-state index < -0.39 is 0 Å². The highest BCUT2D eigenvalue weighted by molar-refractivity contribution is 7.26. The fourth-order valence-corrected chi connectivity index (χ4v) is 7.35. The van der Waals surface area contributed by atoms with E-state index in [-0.39, 0.29) is 0 Å². The molecule has 8 aromatic rings. The Kier molecular flexibility index (Phi) is 3.45. The molecular weight excluding hydrogens is 440 g/mol. The number of pyridine rings is 1. The van der Waals surface area contributed by atoms with Crippen molar-refractivity contribution in [1.82, 2.24) is 9.55 Å². The van der Waals surface area contributed by atoms with Crippen molar-refractivity contribution in [3.63, 3.8) is 0 Å². The molecule has 8 rings (SSSR count). The second-order valence-electron chi connectivity index (χ2n) is 8.45. The Hall–Kier alpha value is -3.73. The summed E-state index contributed by atoms with van der Waals surface area (Å²) >= 11 is 3.64. The fourth-order valence-electron chi connectivity index (χ4n) is 5.20. The lowest BCUT2D eigenvalue weighted by Gasteiger charge is -2.08. The summed E-state index contributed by atoms with van der Waals surface area (Å²) in [6.45, 7) is 0. The van der Waals surface area contributed by atoms with Gasteiger partial charge in [-0.05, 0) is 54.6 Å². The van der Waals surface area contributed by atoms with Crippen LogP contribution in [0.4, 0.5) is 0 Å². The van der Waals surface area contributed by atoms with Crippen molar-refractivity contribution in [3.05, 3.63) is 97.2 Å². The number of benzene rings is 4. The lowest BCUT2D eigenvalue weighted by atomic mass is 10.1. The van der Waals surface area contributed by atoms with E-state index in [9.17, 15) is 0 Å². The Morgan fingerprint density at radius 1 is 0.515 bits per heavy atom. The molecule has 0 aliphatic heterocycles. The van der Waals surface area contributed by atoms with Crippen LogP contribution < -0.4 is 0 Å². The van der Waals surface area contributed by atoms with Crippen LogP contribution >= 0.6 is 22.7 Å². The maximum Gasteiger partial charge on any atom is 0.124 e. The first-order valence-electron chi connectivity index (χ1n) is 11.0. The van der Waals surface area contributed by atoms with Gasteiger partial charge in [-0.15, -0.1) is 22.7 Å². The van der Waals surface area contributed by atoms with E-state index in [0.29, 0.717) is 0 Å². The zero-order valence-electron chi connectivity index (χ0n) is 17.4. The first kappa shape index (κ1) is 17.8. The molecule has 0 N–H and O–H groups in total. The van der Waals surface area contributed by atoms with Gasteiger partial charge in [-0.25, -0.2) is 4.98 Å². The molecule has 0 saturated carbocycles. The largest absolute Gasteiger partial charge is 0.309 e. The van der Waals surface area contributed by atoms with Crippen LogP contribution in [0.5, 0.6) is 0 Å². The predicted molar refractivity (Wildman–Crippen MR) is 144 cm³/mol. The van der Waals surface area contributed by atoms with Gasteiger partial charge in [0.05, 0.1) is 11.0 Å². The van der Waals surface area contributed by atoms with Crippen LogP contribution in [0.3, 0.4) is 0 Å². The zero-order valence-corrected chi connectivity index (χ0v) is 19.1. The summed E-state index contributed by atoms with van der Waals surface area (Å²) in [5.41, 5.74) is 3.69. The van der Waals surface area contributed by atoms with Crippen LogP contribution in [-0.4, -0.2) is 9.55 Å². The molecule has 0 aliphatic rings. The summed E-state index contributed by atoms with van der Waals surface area (Å²) in [7, 11) is 0. The van der Waals surface area contributed by atoms with Crippen LogP contribution in [0.2, 0.25) is 0 Å². The molecule has 0 aliphatic carbocycles. The molecule has 4 aromatic carbocycles. The average Bonchev–Trinajstić information content (AvgIpc) is 3.51. The van der Waals surface area contributed by atoms with Gasteiger partial charge in [0, 0.05) is 58.3 Å². The lowest BCUT2D eigenvalue weighted by molar-refractivity contribution is 1.19. The van der Waals surface area contributed by atoms with Gasteiger partial charge in [0.1, 0.15) is 4.83 Å². The molecule has 154 valence electrons. The normalized spacial score (nSPS) is 12.2. The van der Waals surface area contributed by atoms with Gasteiger partial charge in [0.2, 0.25) is 0 Å². The smallest absolute Gasteiger partial charge is 0.124 e. The maximum absolute atomic E-state index is 4.61. The van der Waals surface area contributed by atoms with Gasteiger partial charge in [-0.3, -0.25) is 0 Å². The van der Waals surface area contributed by atoms with Crippen molar-refractivity contribution < 1.29 is 0 Å². The fraction of sp³-hybridized carbons (Fsp3) is 0. The van der Waals surface area contributed by atoms with Gasteiger partial charge < -0.3 is 4.57 Å². The number of nitrogens with zero attached hydrogens (tertiary/aromatic N) is 2. The molecule has 4 aromatic heterocycles. The van der Waals surface area contributed by atoms with Crippen molar-refractivity contribution in [1.29, 1.82) is 0 Å². The number of hydrogen-bond acceptors (Lipinski definition) is 3. The van der Waals surface area contributed by atoms with Crippen molar-refractivity contribution in [2.75, 3.05) is 0 Å². The lowest BCUT2D eigenvalue weighted by Crippen LogP contribution is -1.93. The Morgan fingerprint density at radius 2 is 1.30 bits per heavy atom. The quantitative estimate of drug-likeness (QED) is 0.241. The van der Waals surface area contributed by atoms with Gasteiger partial charge >= 0.3 is 0 Å². The molecule has 0 atom stereocenters. The Balaban J connectivity index is 1.53. The third-order valence-corrected chi connectivity index (χ3v) is 8.89. The average molecular weight is 457 g/mol. The van der Waals surface area contributed by atoms with Crippen LogP contribution in [0.25, 0.3) is 68.0 Å². The van der Waals surface area contributed by atoms with Crippen LogP contribution in [0, 0.1) is 0 Å². The standard InChI is InChI=1S/C29H16N2S2/c1-3-9-24-18(6-1)21-16-28-23(20-8-5-13-30-29(20)33-28)15-25(21)31(24)17-11-12-27-22(14-17)19-7-2-4-10-26(19)32-27/h1-16H. The number of para-hydroxylation sites is 1. The predicted octanol–water partition coefficient (Wildman–Crippen LogP) is 8.91. The summed E-state index contributed by atoms with van der Waals surface area (Å²) in [6.07, 6.45) is 1.88. The molecule has 0 spiro atoms. The Morgan fingerprint density at radius 3 is 2.27 bits per heavy atom. The number of thiophene rings is 2. The van der Waals surface area contributed by atoms with Gasteiger partial charge in [0.25, 0.3) is 0 Å². The first-order valence-corrected chi connectivity index (χ1v) is 12.6. The molecule has 4 heteroatoms. The van der Waals surface area contributed by atoms with E-state index in [1.807, 2.05) is 23.6 Å². The van der Waals surface area contributed by atoms with E-state index in [4.69, 9.17) is 0 Å². The first-order chi connectivity index (χ1) is 16.3. The second-order valence-corrected chi connectivity index (χ2v) is 10.6. The molecule has 0 saturated heterocycles. The number of aromatic nitrogens is 2. The topological polar surface area (TPSA) is 17.8 Å². The summed E-state index contributed by atoms with van der Waals surface area (Å²) in [5, 5.41) is 7.75. The molecule has 0 fully saturated rings. The second kappa shape index (κ2) is 6.41. The third-order valence-electron chi connectivity index (χ3n) is 6.66. The summed E-state index contributed by atoms with van der Waals surface area (Å²) < 4.78 is 6.39. The van der Waals surface area contributed by atoms with Crippen molar-refractivity contribution in [3.8, 4) is 5.69 Å². The van der Waals surface area contributed by atoms with Crippen LogP contribution in [0.15, 0.2) is 97.2 Å². The molecule has 0 bridgehead atoms. The molecular formula is C29H16N2S2. The minimum Gasteiger partial charge on any atom is -0.309 e. The number of rotatable bonds is 1. The molecule has 0 radical (unpaired) electrons. The molecule has 33 heavy (non-hydrogen) atoms. The third kappa shape index (κ3) is 2.39. The highest BCUT2D eigenvalue weighted by atomic mass is 32.1. The number of fused-ring (bicyclic) bond motifs is 9. The van der Waals surface area contributed by atoms with E-state index in [2.05, 4.69) is 94.5 Å². The molecule has 0 amide bonds. The molecule has 2 nitrogen and oxygen atoms in total. The van der Waals surface area contributed by atoms with Crippen molar-refractivity contribution in [2.24, 2.45) is 0 Å². The SMILES string of the molecule is c1ccc2c(c1)sc1ccc(-n3c4ccccc4c4cc5sc6ncccc6c5cc43)cc12.